The number of carbonyl (C=O) groups excluding carboxylic acids is 1. The summed E-state index contributed by atoms with van der Waals surface area (Å²) in [5.74, 6) is 0.401. The van der Waals surface area contributed by atoms with Crippen molar-refractivity contribution in [2.24, 2.45) is 0 Å². The summed E-state index contributed by atoms with van der Waals surface area (Å²) in [7, 11) is -3.63. The van der Waals surface area contributed by atoms with Crippen LogP contribution < -0.4 is 14.4 Å². The van der Waals surface area contributed by atoms with Crippen molar-refractivity contribution in [2.75, 3.05) is 23.7 Å². The maximum absolute atomic E-state index is 12.6. The number of aryl methyl sites for hydroxylation is 3. The average Bonchev–Trinajstić information content (AvgIpc) is 2.63. The number of carbonyl (C=O) groups is 1. The first-order valence-corrected chi connectivity index (χ1v) is 11.4. The number of hydrogen-bond acceptors (Lipinski definition) is 4. The number of rotatable bonds is 8. The van der Waals surface area contributed by atoms with Crippen LogP contribution in [-0.4, -0.2) is 39.8 Å². The molecule has 1 amide bonds. The summed E-state index contributed by atoms with van der Waals surface area (Å²) >= 11 is 0. The maximum atomic E-state index is 12.6. The van der Waals surface area contributed by atoms with Crippen LogP contribution in [0.2, 0.25) is 0 Å². The number of benzene rings is 2. The molecule has 1 N–H and O–H groups in total. The number of hydrogen-bond donors (Lipinski definition) is 1. The molecule has 2 aromatic carbocycles. The lowest BCUT2D eigenvalue weighted by Crippen LogP contribution is -2.48. The lowest BCUT2D eigenvalue weighted by Gasteiger charge is -2.28. The molecule has 0 unspecified atom stereocenters. The molecule has 0 aromatic heterocycles. The van der Waals surface area contributed by atoms with Gasteiger partial charge in [0.1, 0.15) is 18.4 Å². The van der Waals surface area contributed by atoms with E-state index in [0.29, 0.717) is 12.3 Å². The number of anilines is 1. The second-order valence-corrected chi connectivity index (χ2v) is 9.20. The Morgan fingerprint density at radius 2 is 1.76 bits per heavy atom. The third-order valence-corrected chi connectivity index (χ3v) is 6.29. The maximum Gasteiger partial charge on any atom is 0.243 e. The molecule has 2 aromatic rings. The summed E-state index contributed by atoms with van der Waals surface area (Å²) < 4.78 is 31.7. The molecule has 6 nitrogen and oxygen atoms in total. The predicted octanol–water partition coefficient (Wildman–Crippen LogP) is 3.27. The van der Waals surface area contributed by atoms with Gasteiger partial charge < -0.3 is 10.1 Å². The minimum atomic E-state index is -3.63. The highest BCUT2D eigenvalue weighted by Gasteiger charge is 2.29. The van der Waals surface area contributed by atoms with Crippen molar-refractivity contribution in [1.82, 2.24) is 5.32 Å². The third kappa shape index (κ3) is 5.73. The third-order valence-electron chi connectivity index (χ3n) is 5.05. The van der Waals surface area contributed by atoms with Crippen LogP contribution in [0.4, 0.5) is 5.69 Å². The SMILES string of the molecule is Cc1ccc(N([C@@H](C)C(=O)NCCOc2cccc(C)c2C)S(C)(=O)=O)cc1C. The molecule has 158 valence electrons. The van der Waals surface area contributed by atoms with E-state index in [0.717, 1.165) is 38.6 Å². The summed E-state index contributed by atoms with van der Waals surface area (Å²) in [6, 6.07) is 10.3. The van der Waals surface area contributed by atoms with E-state index in [-0.39, 0.29) is 12.5 Å². The van der Waals surface area contributed by atoms with E-state index < -0.39 is 16.1 Å². The number of nitrogens with zero attached hydrogens (tertiary/aromatic N) is 1. The van der Waals surface area contributed by atoms with Gasteiger partial charge in [0.2, 0.25) is 15.9 Å². The molecule has 0 fully saturated rings. The largest absolute Gasteiger partial charge is 0.491 e. The van der Waals surface area contributed by atoms with Gasteiger partial charge in [-0.3, -0.25) is 9.10 Å². The van der Waals surface area contributed by atoms with Crippen LogP contribution >= 0.6 is 0 Å². The standard InChI is InChI=1S/C22H30N2O4S/c1-15-10-11-20(14-17(15)3)24(29(6,26)27)19(5)22(25)23-12-13-28-21-9-7-8-16(2)18(21)4/h7-11,14,19H,12-13H2,1-6H3,(H,23,25)/t19-/m0/s1. The van der Waals surface area contributed by atoms with Crippen molar-refractivity contribution in [3.8, 4) is 5.75 Å². The fourth-order valence-electron chi connectivity index (χ4n) is 3.03. The minimum Gasteiger partial charge on any atom is -0.491 e. The highest BCUT2D eigenvalue weighted by molar-refractivity contribution is 7.92. The summed E-state index contributed by atoms with van der Waals surface area (Å²) in [6.07, 6.45) is 1.11. The molecule has 2 rings (SSSR count). The van der Waals surface area contributed by atoms with E-state index in [4.69, 9.17) is 4.74 Å². The summed E-state index contributed by atoms with van der Waals surface area (Å²) in [6.45, 7) is 10.0. The molecule has 0 saturated carbocycles. The average molecular weight is 419 g/mol. The lowest BCUT2D eigenvalue weighted by molar-refractivity contribution is -0.121. The molecule has 0 aliphatic rings. The van der Waals surface area contributed by atoms with Gasteiger partial charge in [0.05, 0.1) is 18.5 Å². The molecule has 0 radical (unpaired) electrons. The smallest absolute Gasteiger partial charge is 0.243 e. The van der Waals surface area contributed by atoms with E-state index in [9.17, 15) is 13.2 Å². The number of sulfonamides is 1. The zero-order chi connectivity index (χ0) is 21.8. The Morgan fingerprint density at radius 3 is 2.38 bits per heavy atom. The highest BCUT2D eigenvalue weighted by atomic mass is 32.2. The van der Waals surface area contributed by atoms with E-state index in [1.807, 2.05) is 52.0 Å². The van der Waals surface area contributed by atoms with Crippen LogP contribution in [-0.2, 0) is 14.8 Å². The van der Waals surface area contributed by atoms with Crippen molar-refractivity contribution in [1.29, 1.82) is 0 Å². The Balaban J connectivity index is 2.03. The van der Waals surface area contributed by atoms with Gasteiger partial charge in [-0.15, -0.1) is 0 Å². The molecule has 1 atom stereocenters. The monoisotopic (exact) mass is 418 g/mol. The van der Waals surface area contributed by atoms with Crippen molar-refractivity contribution >= 4 is 21.6 Å². The van der Waals surface area contributed by atoms with E-state index >= 15 is 0 Å². The lowest BCUT2D eigenvalue weighted by atomic mass is 10.1. The Labute approximate surface area is 173 Å². The molecule has 7 heteroatoms. The van der Waals surface area contributed by atoms with Gasteiger partial charge in [0, 0.05) is 0 Å². The number of amides is 1. The van der Waals surface area contributed by atoms with Crippen molar-refractivity contribution in [3.63, 3.8) is 0 Å². The van der Waals surface area contributed by atoms with Crippen molar-refractivity contribution < 1.29 is 17.9 Å². The fraction of sp³-hybridized carbons (Fsp3) is 0.409. The number of ether oxygens (including phenoxy) is 1. The second kappa shape index (κ2) is 9.31. The molecule has 0 spiro atoms. The molecule has 0 bridgehead atoms. The first-order chi connectivity index (χ1) is 13.5. The molecular weight excluding hydrogens is 388 g/mol. The minimum absolute atomic E-state index is 0.279. The Morgan fingerprint density at radius 1 is 1.07 bits per heavy atom. The van der Waals surface area contributed by atoms with Gasteiger partial charge in [-0.2, -0.15) is 0 Å². The van der Waals surface area contributed by atoms with Crippen molar-refractivity contribution in [2.45, 2.75) is 40.7 Å². The molecule has 0 aliphatic heterocycles. The molecule has 0 aliphatic carbocycles. The van der Waals surface area contributed by atoms with Crippen LogP contribution in [0.1, 0.15) is 29.2 Å². The van der Waals surface area contributed by atoms with Crippen LogP contribution in [0, 0.1) is 27.7 Å². The van der Waals surface area contributed by atoms with Crippen LogP contribution in [0.3, 0.4) is 0 Å². The Hall–Kier alpha value is -2.54. The normalized spacial score (nSPS) is 12.3. The van der Waals surface area contributed by atoms with Gasteiger partial charge >= 0.3 is 0 Å². The topological polar surface area (TPSA) is 75.7 Å². The van der Waals surface area contributed by atoms with Crippen LogP contribution in [0.5, 0.6) is 5.75 Å². The van der Waals surface area contributed by atoms with Gasteiger partial charge in [-0.05, 0) is 75.1 Å². The first kappa shape index (κ1) is 22.7. The Kier molecular flexibility index (Phi) is 7.30. The second-order valence-electron chi connectivity index (χ2n) is 7.34. The van der Waals surface area contributed by atoms with Crippen molar-refractivity contribution in [3.05, 3.63) is 58.7 Å². The molecule has 0 heterocycles. The number of nitrogens with one attached hydrogen (secondary N) is 1. The zero-order valence-electron chi connectivity index (χ0n) is 17.9. The molecule has 0 saturated heterocycles. The fourth-order valence-corrected chi connectivity index (χ4v) is 4.20. The first-order valence-electron chi connectivity index (χ1n) is 9.55. The van der Waals surface area contributed by atoms with E-state index in [1.165, 1.54) is 0 Å². The van der Waals surface area contributed by atoms with Crippen LogP contribution in [0.15, 0.2) is 36.4 Å². The van der Waals surface area contributed by atoms with Gasteiger partial charge in [-0.1, -0.05) is 18.2 Å². The molecule has 29 heavy (non-hydrogen) atoms. The highest BCUT2D eigenvalue weighted by Crippen LogP contribution is 2.24. The summed E-state index contributed by atoms with van der Waals surface area (Å²) in [5, 5.41) is 2.77. The van der Waals surface area contributed by atoms with Gasteiger partial charge in [-0.25, -0.2) is 8.42 Å². The zero-order valence-corrected chi connectivity index (χ0v) is 18.8. The Bertz CT molecular complexity index is 986. The summed E-state index contributed by atoms with van der Waals surface area (Å²) in [5.41, 5.74) is 4.70. The predicted molar refractivity (Wildman–Crippen MR) is 117 cm³/mol. The van der Waals surface area contributed by atoms with E-state index in [1.54, 1.807) is 19.1 Å². The quantitative estimate of drug-likeness (QED) is 0.668. The molecular formula is C22H30N2O4S. The summed E-state index contributed by atoms with van der Waals surface area (Å²) in [4.78, 5) is 12.6. The van der Waals surface area contributed by atoms with E-state index in [2.05, 4.69) is 5.32 Å². The van der Waals surface area contributed by atoms with Crippen LogP contribution in [0.25, 0.3) is 0 Å². The van der Waals surface area contributed by atoms with Gasteiger partial charge in [0.15, 0.2) is 0 Å². The van der Waals surface area contributed by atoms with Gasteiger partial charge in [0.25, 0.3) is 0 Å².